The molecule has 0 rings (SSSR count). The summed E-state index contributed by atoms with van der Waals surface area (Å²) >= 11 is 0. The van der Waals surface area contributed by atoms with Gasteiger partial charge >= 0.3 is 0 Å². The average molecular weight is 140 g/mol. The van der Waals surface area contributed by atoms with Gasteiger partial charge in [0.2, 0.25) is 0 Å². The largest absolute Gasteiger partial charge is 0.303 e. The first-order valence-corrected chi connectivity index (χ1v) is 3.48. The van der Waals surface area contributed by atoms with Gasteiger partial charge in [0.25, 0.3) is 0 Å². The quantitative estimate of drug-likeness (QED) is 0.432. The number of hydrogen-bond acceptors (Lipinski definition) is 2. The highest BCUT2D eigenvalue weighted by Crippen LogP contribution is 1.99. The standard InChI is InChI=1S/C8H16N2/c1-6-7(2)8(3)9-10(4)5/h2,6H2,1,3-5H3/b9-8-. The minimum Gasteiger partial charge on any atom is -0.303 e. The fraction of sp³-hybridized carbons (Fsp3) is 0.625. The van der Waals surface area contributed by atoms with Gasteiger partial charge in [0.05, 0.1) is 5.71 Å². The van der Waals surface area contributed by atoms with Crippen LogP contribution in [0.4, 0.5) is 0 Å². The Morgan fingerprint density at radius 2 is 2.00 bits per heavy atom. The van der Waals surface area contributed by atoms with E-state index in [2.05, 4.69) is 18.6 Å². The van der Waals surface area contributed by atoms with Gasteiger partial charge in [-0.1, -0.05) is 13.5 Å². The Kier molecular flexibility index (Phi) is 3.77. The van der Waals surface area contributed by atoms with Gasteiger partial charge in [-0.05, 0) is 18.9 Å². The summed E-state index contributed by atoms with van der Waals surface area (Å²) in [6.45, 7) is 7.93. The number of hydrogen-bond donors (Lipinski definition) is 0. The van der Waals surface area contributed by atoms with Crippen LogP contribution in [0.1, 0.15) is 20.3 Å². The van der Waals surface area contributed by atoms with E-state index >= 15 is 0 Å². The van der Waals surface area contributed by atoms with Crippen LogP contribution in [0.25, 0.3) is 0 Å². The van der Waals surface area contributed by atoms with Crippen molar-refractivity contribution in [1.82, 2.24) is 5.01 Å². The molecule has 0 spiro atoms. The van der Waals surface area contributed by atoms with Crippen LogP contribution in [0, 0.1) is 0 Å². The molecule has 0 atom stereocenters. The van der Waals surface area contributed by atoms with Crippen molar-refractivity contribution in [3.63, 3.8) is 0 Å². The van der Waals surface area contributed by atoms with Crippen LogP contribution in [0.5, 0.6) is 0 Å². The monoisotopic (exact) mass is 140 g/mol. The summed E-state index contributed by atoms with van der Waals surface area (Å²) in [6, 6.07) is 0. The first-order valence-electron chi connectivity index (χ1n) is 3.48. The van der Waals surface area contributed by atoms with Crippen LogP contribution in [-0.2, 0) is 0 Å². The number of hydrazone groups is 1. The molecule has 0 aromatic rings. The fourth-order valence-electron chi connectivity index (χ4n) is 0.627. The lowest BCUT2D eigenvalue weighted by atomic mass is 10.1. The van der Waals surface area contributed by atoms with Gasteiger partial charge in [0, 0.05) is 14.1 Å². The Morgan fingerprint density at radius 3 is 2.30 bits per heavy atom. The molecule has 10 heavy (non-hydrogen) atoms. The second-order valence-electron chi connectivity index (χ2n) is 2.49. The summed E-state index contributed by atoms with van der Waals surface area (Å²) in [5, 5.41) is 5.99. The molecule has 0 aromatic heterocycles. The SMILES string of the molecule is C=C(CC)/C(C)=N\N(C)C. The molecule has 0 amide bonds. The van der Waals surface area contributed by atoms with Crippen molar-refractivity contribution in [2.75, 3.05) is 14.1 Å². The lowest BCUT2D eigenvalue weighted by Gasteiger charge is -2.07. The number of allylic oxidation sites excluding steroid dienone is 1. The van der Waals surface area contributed by atoms with E-state index in [1.807, 2.05) is 21.0 Å². The smallest absolute Gasteiger partial charge is 0.0600 e. The molecule has 0 aliphatic rings. The van der Waals surface area contributed by atoms with Gasteiger partial charge in [0.15, 0.2) is 0 Å². The van der Waals surface area contributed by atoms with Crippen LogP contribution >= 0.6 is 0 Å². The highest BCUT2D eigenvalue weighted by atomic mass is 15.4. The van der Waals surface area contributed by atoms with Crippen LogP contribution in [0.15, 0.2) is 17.3 Å². The molecular formula is C8H16N2. The minimum atomic E-state index is 0.975. The maximum atomic E-state index is 4.20. The molecule has 0 radical (unpaired) electrons. The van der Waals surface area contributed by atoms with Crippen molar-refractivity contribution in [2.24, 2.45) is 5.10 Å². The predicted molar refractivity (Wildman–Crippen MR) is 46.2 cm³/mol. The van der Waals surface area contributed by atoms with Crippen LogP contribution in [0.2, 0.25) is 0 Å². The summed E-state index contributed by atoms with van der Waals surface area (Å²) in [7, 11) is 3.82. The average Bonchev–Trinajstić information content (AvgIpc) is 1.85. The molecule has 0 fully saturated rings. The fourth-order valence-corrected chi connectivity index (χ4v) is 0.627. The zero-order valence-electron chi connectivity index (χ0n) is 7.31. The lowest BCUT2D eigenvalue weighted by Crippen LogP contribution is -2.07. The molecule has 0 N–H and O–H groups in total. The molecule has 0 unspecified atom stereocenters. The van der Waals surface area contributed by atoms with Gasteiger partial charge in [-0.2, -0.15) is 5.10 Å². The topological polar surface area (TPSA) is 15.6 Å². The highest BCUT2D eigenvalue weighted by molar-refractivity contribution is 5.97. The Balaban J connectivity index is 4.05. The Morgan fingerprint density at radius 1 is 1.50 bits per heavy atom. The van der Waals surface area contributed by atoms with Crippen LogP contribution < -0.4 is 0 Å². The molecule has 0 bridgehead atoms. The third-order valence-electron chi connectivity index (χ3n) is 1.29. The molecule has 2 nitrogen and oxygen atoms in total. The van der Waals surface area contributed by atoms with Gasteiger partial charge in [-0.25, -0.2) is 0 Å². The number of nitrogens with zero attached hydrogens (tertiary/aromatic N) is 2. The summed E-state index contributed by atoms with van der Waals surface area (Å²) in [6.07, 6.45) is 0.975. The molecule has 0 heterocycles. The number of rotatable bonds is 3. The molecule has 0 saturated heterocycles. The van der Waals surface area contributed by atoms with Crippen molar-refractivity contribution in [3.05, 3.63) is 12.2 Å². The third kappa shape index (κ3) is 3.28. The lowest BCUT2D eigenvalue weighted by molar-refractivity contribution is 0.437. The molecular weight excluding hydrogens is 124 g/mol. The van der Waals surface area contributed by atoms with Crippen molar-refractivity contribution in [1.29, 1.82) is 0 Å². The van der Waals surface area contributed by atoms with Crippen LogP contribution in [0.3, 0.4) is 0 Å². The van der Waals surface area contributed by atoms with Gasteiger partial charge < -0.3 is 5.01 Å². The Hall–Kier alpha value is -0.790. The van der Waals surface area contributed by atoms with Crippen LogP contribution in [-0.4, -0.2) is 24.8 Å². The molecule has 2 heteroatoms. The second-order valence-corrected chi connectivity index (χ2v) is 2.49. The van der Waals surface area contributed by atoms with Crippen molar-refractivity contribution in [3.8, 4) is 0 Å². The highest BCUT2D eigenvalue weighted by Gasteiger charge is 1.94. The molecule has 58 valence electrons. The summed E-state index contributed by atoms with van der Waals surface area (Å²) < 4.78 is 0. The molecule has 0 aliphatic heterocycles. The summed E-state index contributed by atoms with van der Waals surface area (Å²) in [5.41, 5.74) is 2.13. The van der Waals surface area contributed by atoms with Crippen molar-refractivity contribution < 1.29 is 0 Å². The normalized spacial score (nSPS) is 11.4. The van der Waals surface area contributed by atoms with Gasteiger partial charge in [0.1, 0.15) is 0 Å². The Bertz CT molecular complexity index is 145. The predicted octanol–water partition coefficient (Wildman–Crippen LogP) is 1.89. The van der Waals surface area contributed by atoms with Crippen molar-refractivity contribution >= 4 is 5.71 Å². The summed E-state index contributed by atoms with van der Waals surface area (Å²) in [4.78, 5) is 0. The van der Waals surface area contributed by atoms with E-state index in [1.165, 1.54) is 0 Å². The van der Waals surface area contributed by atoms with E-state index in [0.29, 0.717) is 0 Å². The third-order valence-corrected chi connectivity index (χ3v) is 1.29. The Labute approximate surface area is 63.2 Å². The van der Waals surface area contributed by atoms with Gasteiger partial charge in [-0.15, -0.1) is 0 Å². The second kappa shape index (κ2) is 4.09. The van der Waals surface area contributed by atoms with E-state index in [9.17, 15) is 0 Å². The molecule has 0 aliphatic carbocycles. The first-order chi connectivity index (χ1) is 4.57. The van der Waals surface area contributed by atoms with E-state index in [-0.39, 0.29) is 0 Å². The van der Waals surface area contributed by atoms with E-state index in [0.717, 1.165) is 17.7 Å². The summed E-state index contributed by atoms with van der Waals surface area (Å²) in [5.74, 6) is 0. The maximum Gasteiger partial charge on any atom is 0.0600 e. The first kappa shape index (κ1) is 9.21. The minimum absolute atomic E-state index is 0.975. The van der Waals surface area contributed by atoms with E-state index in [4.69, 9.17) is 0 Å². The zero-order chi connectivity index (χ0) is 8.15. The maximum absolute atomic E-state index is 4.20. The van der Waals surface area contributed by atoms with Gasteiger partial charge in [-0.3, -0.25) is 0 Å². The van der Waals surface area contributed by atoms with E-state index in [1.54, 1.807) is 5.01 Å². The van der Waals surface area contributed by atoms with E-state index < -0.39 is 0 Å². The zero-order valence-corrected chi connectivity index (χ0v) is 7.31. The molecule has 0 saturated carbocycles. The molecule has 0 aromatic carbocycles. The van der Waals surface area contributed by atoms with Crippen molar-refractivity contribution in [2.45, 2.75) is 20.3 Å².